The van der Waals surface area contributed by atoms with Crippen molar-refractivity contribution in [3.8, 4) is 5.75 Å². The van der Waals surface area contributed by atoms with Crippen LogP contribution in [0.3, 0.4) is 0 Å². The summed E-state index contributed by atoms with van der Waals surface area (Å²) in [5, 5.41) is 2.87. The molecule has 1 N–H and O–H groups in total. The van der Waals surface area contributed by atoms with E-state index in [1.54, 1.807) is 19.2 Å². The summed E-state index contributed by atoms with van der Waals surface area (Å²) in [6.45, 7) is 3.77. The van der Waals surface area contributed by atoms with E-state index in [2.05, 4.69) is 5.32 Å². The van der Waals surface area contributed by atoms with E-state index in [1.807, 2.05) is 29.2 Å². The Morgan fingerprint density at radius 3 is 2.36 bits per heavy atom. The van der Waals surface area contributed by atoms with Crippen LogP contribution in [0.1, 0.15) is 15.9 Å². The maximum atomic E-state index is 13.6. The molecule has 0 aromatic heterocycles. The minimum atomic E-state index is -3.80. The Bertz CT molecular complexity index is 1080. The van der Waals surface area contributed by atoms with E-state index in [9.17, 15) is 13.2 Å². The highest BCUT2D eigenvalue weighted by Crippen LogP contribution is 2.30. The summed E-state index contributed by atoms with van der Waals surface area (Å²) in [6, 6.07) is 12.3. The number of amides is 1. The molecular formula is C23H29N3O6S. The number of rotatable bonds is 7. The zero-order valence-corrected chi connectivity index (χ0v) is 19.5. The Kier molecular flexibility index (Phi) is 7.49. The number of methoxy groups -OCH3 is 1. The fourth-order valence-electron chi connectivity index (χ4n) is 3.98. The summed E-state index contributed by atoms with van der Waals surface area (Å²) < 4.78 is 44.6. The van der Waals surface area contributed by atoms with Gasteiger partial charge in [-0.25, -0.2) is 8.42 Å². The molecule has 0 bridgehead atoms. The number of nitrogens with zero attached hydrogens (tertiary/aromatic N) is 2. The standard InChI is InChI=1S/C23H29N3O6S/c1-30-21-5-3-2-4-19(21)17-24-23(27)18-6-7-20(25-8-12-31-13-9-25)22(16-18)33(28,29)26-10-14-32-15-11-26/h2-7,16H,8-15,17H2,1H3,(H,24,27). The summed E-state index contributed by atoms with van der Waals surface area (Å²) >= 11 is 0. The molecule has 0 saturated carbocycles. The Balaban J connectivity index is 1.62. The largest absolute Gasteiger partial charge is 0.496 e. The molecule has 4 rings (SSSR count). The van der Waals surface area contributed by atoms with Gasteiger partial charge >= 0.3 is 0 Å². The monoisotopic (exact) mass is 475 g/mol. The number of hydrogen-bond acceptors (Lipinski definition) is 7. The van der Waals surface area contributed by atoms with Gasteiger partial charge in [-0.05, 0) is 24.3 Å². The van der Waals surface area contributed by atoms with Crippen LogP contribution in [0, 0.1) is 0 Å². The third-order valence-corrected chi connectivity index (χ3v) is 7.72. The molecule has 178 valence electrons. The predicted molar refractivity (Wildman–Crippen MR) is 123 cm³/mol. The number of ether oxygens (including phenoxy) is 3. The first-order valence-electron chi connectivity index (χ1n) is 11.0. The molecule has 2 aliphatic heterocycles. The molecule has 10 heteroatoms. The van der Waals surface area contributed by atoms with Gasteiger partial charge in [-0.3, -0.25) is 4.79 Å². The SMILES string of the molecule is COc1ccccc1CNC(=O)c1ccc(N2CCOCC2)c(S(=O)(=O)N2CCOCC2)c1. The lowest BCUT2D eigenvalue weighted by Gasteiger charge is -2.32. The number of hydrogen-bond donors (Lipinski definition) is 1. The molecule has 9 nitrogen and oxygen atoms in total. The average Bonchev–Trinajstić information content (AvgIpc) is 2.88. The maximum Gasteiger partial charge on any atom is 0.251 e. The van der Waals surface area contributed by atoms with Crippen LogP contribution in [0.5, 0.6) is 5.75 Å². The molecule has 2 aliphatic rings. The van der Waals surface area contributed by atoms with Gasteiger partial charge in [0.2, 0.25) is 10.0 Å². The van der Waals surface area contributed by atoms with Crippen LogP contribution in [0.2, 0.25) is 0 Å². The fraction of sp³-hybridized carbons (Fsp3) is 0.435. The van der Waals surface area contributed by atoms with Gasteiger partial charge in [-0.2, -0.15) is 4.31 Å². The van der Waals surface area contributed by atoms with Crippen molar-refractivity contribution in [3.63, 3.8) is 0 Å². The van der Waals surface area contributed by atoms with Crippen LogP contribution in [0.15, 0.2) is 47.4 Å². The summed E-state index contributed by atoms with van der Waals surface area (Å²) in [5.74, 6) is 0.323. The summed E-state index contributed by atoms with van der Waals surface area (Å²) in [6.07, 6.45) is 0. The predicted octanol–water partition coefficient (Wildman–Crippen LogP) is 1.48. The molecule has 2 fully saturated rings. The van der Waals surface area contributed by atoms with Gasteiger partial charge in [0.15, 0.2) is 0 Å². The quantitative estimate of drug-likeness (QED) is 0.648. The third-order valence-electron chi connectivity index (χ3n) is 5.79. The number of morpholine rings is 2. The third kappa shape index (κ3) is 5.30. The second kappa shape index (κ2) is 10.5. The zero-order chi connectivity index (χ0) is 23.3. The number of para-hydroxylation sites is 1. The summed E-state index contributed by atoms with van der Waals surface area (Å²) in [7, 11) is -2.23. The zero-order valence-electron chi connectivity index (χ0n) is 18.7. The highest BCUT2D eigenvalue weighted by atomic mass is 32.2. The molecule has 2 aromatic carbocycles. The second-order valence-electron chi connectivity index (χ2n) is 7.79. The second-order valence-corrected chi connectivity index (χ2v) is 9.70. The molecule has 0 unspecified atom stereocenters. The molecule has 0 aliphatic carbocycles. The highest BCUT2D eigenvalue weighted by Gasteiger charge is 2.31. The Morgan fingerprint density at radius 2 is 1.67 bits per heavy atom. The van der Waals surface area contributed by atoms with Crippen molar-refractivity contribution in [1.29, 1.82) is 0 Å². The van der Waals surface area contributed by atoms with Crippen molar-refractivity contribution in [2.75, 3.05) is 64.6 Å². The van der Waals surface area contributed by atoms with E-state index in [-0.39, 0.29) is 36.0 Å². The fourth-order valence-corrected chi connectivity index (χ4v) is 5.63. The van der Waals surface area contributed by atoms with Crippen molar-refractivity contribution in [2.45, 2.75) is 11.4 Å². The average molecular weight is 476 g/mol. The van der Waals surface area contributed by atoms with Crippen LogP contribution in [-0.4, -0.2) is 78.3 Å². The van der Waals surface area contributed by atoms with Crippen molar-refractivity contribution in [2.24, 2.45) is 0 Å². The van der Waals surface area contributed by atoms with Crippen LogP contribution < -0.4 is 15.0 Å². The maximum absolute atomic E-state index is 13.6. The smallest absolute Gasteiger partial charge is 0.251 e. The lowest BCUT2D eigenvalue weighted by molar-refractivity contribution is 0.0730. The minimum absolute atomic E-state index is 0.135. The van der Waals surface area contributed by atoms with Crippen molar-refractivity contribution < 1.29 is 27.4 Å². The van der Waals surface area contributed by atoms with Gasteiger partial charge in [0, 0.05) is 43.9 Å². The topological polar surface area (TPSA) is 97.4 Å². The van der Waals surface area contributed by atoms with Gasteiger partial charge in [-0.1, -0.05) is 18.2 Å². The minimum Gasteiger partial charge on any atom is -0.496 e. The molecular weight excluding hydrogens is 446 g/mol. The van der Waals surface area contributed by atoms with E-state index in [4.69, 9.17) is 14.2 Å². The number of carbonyl (C=O) groups is 1. The van der Waals surface area contributed by atoms with Gasteiger partial charge in [0.05, 0.1) is 39.2 Å². The van der Waals surface area contributed by atoms with Crippen molar-refractivity contribution in [1.82, 2.24) is 9.62 Å². The van der Waals surface area contributed by atoms with Gasteiger partial charge < -0.3 is 24.4 Å². The Hall–Kier alpha value is -2.66. The van der Waals surface area contributed by atoms with E-state index in [1.165, 1.54) is 10.4 Å². The number of sulfonamides is 1. The molecule has 2 saturated heterocycles. The lowest BCUT2D eigenvalue weighted by Crippen LogP contribution is -2.42. The van der Waals surface area contributed by atoms with Crippen LogP contribution in [-0.2, 0) is 26.0 Å². The first-order valence-corrected chi connectivity index (χ1v) is 12.4. The van der Waals surface area contributed by atoms with E-state index in [0.29, 0.717) is 51.0 Å². The van der Waals surface area contributed by atoms with Gasteiger partial charge in [-0.15, -0.1) is 0 Å². The first-order chi connectivity index (χ1) is 16.0. The van der Waals surface area contributed by atoms with E-state index < -0.39 is 10.0 Å². The first kappa shape index (κ1) is 23.5. The molecule has 2 aromatic rings. The van der Waals surface area contributed by atoms with E-state index >= 15 is 0 Å². The van der Waals surface area contributed by atoms with Crippen LogP contribution >= 0.6 is 0 Å². The molecule has 33 heavy (non-hydrogen) atoms. The molecule has 2 heterocycles. The number of anilines is 1. The van der Waals surface area contributed by atoms with Crippen LogP contribution in [0.4, 0.5) is 5.69 Å². The Labute approximate surface area is 194 Å². The Morgan fingerprint density at radius 1 is 1.00 bits per heavy atom. The molecule has 1 amide bonds. The van der Waals surface area contributed by atoms with E-state index in [0.717, 1.165) is 5.56 Å². The molecule has 0 spiro atoms. The van der Waals surface area contributed by atoms with Crippen molar-refractivity contribution >= 4 is 21.6 Å². The van der Waals surface area contributed by atoms with Crippen molar-refractivity contribution in [3.05, 3.63) is 53.6 Å². The summed E-state index contributed by atoms with van der Waals surface area (Å²) in [5.41, 5.74) is 1.71. The molecule has 0 radical (unpaired) electrons. The summed E-state index contributed by atoms with van der Waals surface area (Å²) in [4.78, 5) is 15.1. The van der Waals surface area contributed by atoms with Crippen LogP contribution in [0.25, 0.3) is 0 Å². The molecule has 0 atom stereocenters. The number of nitrogens with one attached hydrogen (secondary N) is 1. The normalized spacial score (nSPS) is 17.5. The lowest BCUT2D eigenvalue weighted by atomic mass is 10.1. The van der Waals surface area contributed by atoms with Gasteiger partial charge in [0.25, 0.3) is 5.91 Å². The highest BCUT2D eigenvalue weighted by molar-refractivity contribution is 7.89. The number of carbonyl (C=O) groups excluding carboxylic acids is 1. The number of benzene rings is 2. The van der Waals surface area contributed by atoms with Gasteiger partial charge in [0.1, 0.15) is 10.6 Å².